The van der Waals surface area contributed by atoms with Crippen molar-refractivity contribution in [3.05, 3.63) is 65.2 Å². The maximum atomic E-state index is 13.7. The van der Waals surface area contributed by atoms with Crippen molar-refractivity contribution < 1.29 is 22.3 Å². The Bertz CT molecular complexity index is 1010. The summed E-state index contributed by atoms with van der Waals surface area (Å²) in [5.74, 6) is -0.876. The number of hydrogen-bond acceptors (Lipinski definition) is 3. The Morgan fingerprint density at radius 1 is 1.17 bits per heavy atom. The SMILES string of the molecule is Cn1cnc2ccc(C3CN(Cc4cc(F)cc(C(F)(F)F)c4)CCCO3)cc21. The van der Waals surface area contributed by atoms with E-state index in [1.807, 2.05) is 34.7 Å². The lowest BCUT2D eigenvalue weighted by Crippen LogP contribution is -2.28. The second-order valence-electron chi connectivity index (χ2n) is 7.40. The van der Waals surface area contributed by atoms with Crippen LogP contribution in [0.1, 0.15) is 29.2 Å². The predicted octanol–water partition coefficient (Wildman–Crippen LogP) is 4.69. The maximum Gasteiger partial charge on any atom is 0.416 e. The van der Waals surface area contributed by atoms with Crippen molar-refractivity contribution >= 4 is 11.0 Å². The van der Waals surface area contributed by atoms with Gasteiger partial charge in [0.05, 0.1) is 29.0 Å². The van der Waals surface area contributed by atoms with Gasteiger partial charge in [0, 0.05) is 33.3 Å². The molecule has 2 heterocycles. The third-order valence-corrected chi connectivity index (χ3v) is 5.17. The number of fused-ring (bicyclic) bond motifs is 1. The highest BCUT2D eigenvalue weighted by molar-refractivity contribution is 5.76. The molecule has 2 aromatic carbocycles. The molecule has 3 aromatic rings. The normalized spacial score (nSPS) is 18.9. The van der Waals surface area contributed by atoms with Gasteiger partial charge in [-0.15, -0.1) is 0 Å². The van der Waals surface area contributed by atoms with Crippen molar-refractivity contribution in [3.63, 3.8) is 0 Å². The summed E-state index contributed by atoms with van der Waals surface area (Å²) in [6.45, 7) is 1.97. The minimum absolute atomic E-state index is 0.215. The summed E-state index contributed by atoms with van der Waals surface area (Å²) in [7, 11) is 1.92. The largest absolute Gasteiger partial charge is 0.416 e. The number of rotatable bonds is 3. The van der Waals surface area contributed by atoms with Gasteiger partial charge in [0.2, 0.25) is 0 Å². The molecule has 29 heavy (non-hydrogen) atoms. The molecule has 0 saturated carbocycles. The smallest absolute Gasteiger partial charge is 0.372 e. The Morgan fingerprint density at radius 2 is 2.00 bits per heavy atom. The zero-order valence-corrected chi connectivity index (χ0v) is 15.9. The van der Waals surface area contributed by atoms with E-state index in [2.05, 4.69) is 4.98 Å². The van der Waals surface area contributed by atoms with Gasteiger partial charge in [0.1, 0.15) is 5.82 Å². The first kappa shape index (κ1) is 19.8. The van der Waals surface area contributed by atoms with E-state index in [-0.39, 0.29) is 12.6 Å². The molecular formula is C21H21F4N3O. The Hall–Kier alpha value is -2.45. The van der Waals surface area contributed by atoms with Gasteiger partial charge in [-0.1, -0.05) is 6.07 Å². The number of nitrogens with zero attached hydrogens (tertiary/aromatic N) is 3. The van der Waals surface area contributed by atoms with Crippen molar-refractivity contribution in [2.24, 2.45) is 7.05 Å². The van der Waals surface area contributed by atoms with Crippen molar-refractivity contribution in [3.8, 4) is 0 Å². The lowest BCUT2D eigenvalue weighted by atomic mass is 10.1. The average Bonchev–Trinajstić information content (AvgIpc) is 2.87. The van der Waals surface area contributed by atoms with E-state index >= 15 is 0 Å². The lowest BCUT2D eigenvalue weighted by Gasteiger charge is -2.24. The molecule has 4 rings (SSSR count). The van der Waals surface area contributed by atoms with Crippen LogP contribution >= 0.6 is 0 Å². The first-order valence-electron chi connectivity index (χ1n) is 9.41. The molecule has 0 aliphatic carbocycles. The van der Waals surface area contributed by atoms with Crippen LogP contribution in [0, 0.1) is 5.82 Å². The van der Waals surface area contributed by atoms with E-state index in [9.17, 15) is 17.6 Å². The van der Waals surface area contributed by atoms with Crippen molar-refractivity contribution in [2.45, 2.75) is 25.2 Å². The molecule has 0 spiro atoms. The van der Waals surface area contributed by atoms with Crippen molar-refractivity contribution in [1.29, 1.82) is 0 Å². The molecule has 0 radical (unpaired) electrons. The van der Waals surface area contributed by atoms with Crippen LogP contribution in [0.3, 0.4) is 0 Å². The highest BCUT2D eigenvalue weighted by Crippen LogP contribution is 2.31. The highest BCUT2D eigenvalue weighted by Gasteiger charge is 2.31. The first-order valence-corrected chi connectivity index (χ1v) is 9.41. The van der Waals surface area contributed by atoms with Crippen molar-refractivity contribution in [1.82, 2.24) is 14.5 Å². The monoisotopic (exact) mass is 407 g/mol. The maximum absolute atomic E-state index is 13.7. The van der Waals surface area contributed by atoms with Gasteiger partial charge in [-0.05, 0) is 47.9 Å². The molecule has 1 aliphatic heterocycles. The van der Waals surface area contributed by atoms with Crippen LogP contribution in [0.4, 0.5) is 17.6 Å². The van der Waals surface area contributed by atoms with Gasteiger partial charge in [0.25, 0.3) is 0 Å². The van der Waals surface area contributed by atoms with Gasteiger partial charge in [-0.2, -0.15) is 13.2 Å². The number of aromatic nitrogens is 2. The number of aryl methyl sites for hydroxylation is 1. The van der Waals surface area contributed by atoms with Crippen LogP contribution in [0.25, 0.3) is 11.0 Å². The summed E-state index contributed by atoms with van der Waals surface area (Å²) in [5.41, 5.74) is 2.21. The summed E-state index contributed by atoms with van der Waals surface area (Å²) in [6.07, 6.45) is -2.28. The Labute approximate surface area is 165 Å². The number of halogens is 4. The van der Waals surface area contributed by atoms with Crippen LogP contribution in [-0.4, -0.2) is 34.1 Å². The Morgan fingerprint density at radius 3 is 2.79 bits per heavy atom. The van der Waals surface area contributed by atoms with Gasteiger partial charge < -0.3 is 9.30 Å². The quantitative estimate of drug-likeness (QED) is 0.590. The molecule has 1 saturated heterocycles. The number of imidazole rings is 1. The molecule has 1 fully saturated rings. The third-order valence-electron chi connectivity index (χ3n) is 5.17. The average molecular weight is 407 g/mol. The molecule has 1 unspecified atom stereocenters. The van der Waals surface area contributed by atoms with E-state index in [4.69, 9.17) is 4.74 Å². The minimum Gasteiger partial charge on any atom is -0.372 e. The van der Waals surface area contributed by atoms with Crippen LogP contribution < -0.4 is 0 Å². The zero-order chi connectivity index (χ0) is 20.6. The number of benzene rings is 2. The molecule has 1 atom stereocenters. The van der Waals surface area contributed by atoms with Crippen molar-refractivity contribution in [2.75, 3.05) is 19.7 Å². The molecule has 154 valence electrons. The molecule has 0 amide bonds. The molecule has 0 bridgehead atoms. The van der Waals surface area contributed by atoms with E-state index < -0.39 is 17.6 Å². The van der Waals surface area contributed by atoms with E-state index in [0.717, 1.165) is 35.2 Å². The Balaban J connectivity index is 1.55. The number of hydrogen-bond donors (Lipinski definition) is 0. The fourth-order valence-electron chi connectivity index (χ4n) is 3.74. The number of ether oxygens (including phenoxy) is 1. The molecule has 0 N–H and O–H groups in total. The third kappa shape index (κ3) is 4.43. The molecule has 1 aliphatic rings. The predicted molar refractivity (Wildman–Crippen MR) is 101 cm³/mol. The van der Waals surface area contributed by atoms with Gasteiger partial charge >= 0.3 is 6.18 Å². The molecule has 4 nitrogen and oxygen atoms in total. The second-order valence-corrected chi connectivity index (χ2v) is 7.40. The van der Waals surface area contributed by atoms with Gasteiger partial charge in [0.15, 0.2) is 0 Å². The fourth-order valence-corrected chi connectivity index (χ4v) is 3.74. The van der Waals surface area contributed by atoms with E-state index in [0.29, 0.717) is 31.3 Å². The summed E-state index contributed by atoms with van der Waals surface area (Å²) in [5, 5.41) is 0. The molecular weight excluding hydrogens is 386 g/mol. The first-order chi connectivity index (χ1) is 13.8. The van der Waals surface area contributed by atoms with Crippen LogP contribution in [0.15, 0.2) is 42.7 Å². The minimum atomic E-state index is -4.57. The zero-order valence-electron chi connectivity index (χ0n) is 15.9. The highest BCUT2D eigenvalue weighted by atomic mass is 19.4. The fraction of sp³-hybridized carbons (Fsp3) is 0.381. The van der Waals surface area contributed by atoms with Crippen LogP contribution in [-0.2, 0) is 24.5 Å². The topological polar surface area (TPSA) is 30.3 Å². The van der Waals surface area contributed by atoms with Crippen LogP contribution in [0.5, 0.6) is 0 Å². The molecule has 8 heteroatoms. The lowest BCUT2D eigenvalue weighted by molar-refractivity contribution is -0.137. The number of alkyl halides is 3. The summed E-state index contributed by atoms with van der Waals surface area (Å²) >= 11 is 0. The summed E-state index contributed by atoms with van der Waals surface area (Å²) in [4.78, 5) is 6.33. The Kier molecular flexibility index (Phi) is 5.31. The van der Waals surface area contributed by atoms with E-state index in [1.54, 1.807) is 6.33 Å². The summed E-state index contributed by atoms with van der Waals surface area (Å²) in [6, 6.07) is 8.64. The second kappa shape index (κ2) is 7.76. The summed E-state index contributed by atoms with van der Waals surface area (Å²) < 4.78 is 60.7. The van der Waals surface area contributed by atoms with Gasteiger partial charge in [-0.25, -0.2) is 9.37 Å². The van der Waals surface area contributed by atoms with E-state index in [1.165, 1.54) is 0 Å². The molecule has 1 aromatic heterocycles. The van der Waals surface area contributed by atoms with Crippen LogP contribution in [0.2, 0.25) is 0 Å². The van der Waals surface area contributed by atoms with Gasteiger partial charge in [-0.3, -0.25) is 4.90 Å². The standard InChI is InChI=1S/C21H21F4N3O/c1-27-13-26-18-4-3-15(9-19(18)27)20-12-28(5-2-6-29-20)11-14-7-16(21(23,24)25)10-17(22)8-14/h3-4,7-10,13,20H,2,5-6,11-12H2,1H3.